The molecule has 0 spiro atoms. The number of carbonyl (C=O) groups excluding carboxylic acids is 1. The number of rotatable bonds is 10. The number of benzene rings is 2. The van der Waals surface area contributed by atoms with E-state index in [9.17, 15) is 4.79 Å². The van der Waals surface area contributed by atoms with Crippen LogP contribution in [0.1, 0.15) is 48.3 Å². The van der Waals surface area contributed by atoms with Gasteiger partial charge in [0.05, 0.1) is 19.6 Å². The topological polar surface area (TPSA) is 42.0 Å². The van der Waals surface area contributed by atoms with Crippen LogP contribution in [0.4, 0.5) is 0 Å². The first-order valence-electron chi connectivity index (χ1n) is 12.4. The van der Waals surface area contributed by atoms with E-state index in [1.54, 1.807) is 7.11 Å². The Morgan fingerprint density at radius 1 is 1.03 bits per heavy atom. The lowest BCUT2D eigenvalue weighted by atomic mass is 9.82. The molecule has 1 fully saturated rings. The summed E-state index contributed by atoms with van der Waals surface area (Å²) < 4.78 is 11.1. The average molecular weight is 451 g/mol. The molecule has 0 aromatic heterocycles. The van der Waals surface area contributed by atoms with Crippen molar-refractivity contribution in [2.24, 2.45) is 0 Å². The minimum atomic E-state index is 0.203. The van der Waals surface area contributed by atoms with E-state index >= 15 is 0 Å². The van der Waals surface area contributed by atoms with Crippen molar-refractivity contribution in [3.05, 3.63) is 65.2 Å². The standard InChI is InChI=1S/C28H38N2O3/c1-29(21-26-10-6-18-33-26)16-17-30(28(31)19-22-12-14-25(32-2)15-13-22)20-24-9-5-8-23-7-3-4-11-27(23)24/h3-4,7,11-15,24,26H,5-6,8-10,16-21H2,1-2H3. The highest BCUT2D eigenvalue weighted by molar-refractivity contribution is 5.79. The predicted octanol–water partition coefficient (Wildman–Crippen LogP) is 4.30. The fraction of sp³-hybridized carbons (Fsp3) is 0.536. The fourth-order valence-corrected chi connectivity index (χ4v) is 5.18. The lowest BCUT2D eigenvalue weighted by Crippen LogP contribution is -2.42. The van der Waals surface area contributed by atoms with Crippen LogP contribution in [0.5, 0.6) is 5.75 Å². The molecule has 1 heterocycles. The van der Waals surface area contributed by atoms with Gasteiger partial charge in [-0.2, -0.15) is 0 Å². The number of hydrogen-bond donors (Lipinski definition) is 0. The zero-order valence-electron chi connectivity index (χ0n) is 20.2. The molecule has 0 bridgehead atoms. The van der Waals surface area contributed by atoms with Crippen LogP contribution in [0.3, 0.4) is 0 Å². The van der Waals surface area contributed by atoms with E-state index in [0.717, 1.165) is 69.8 Å². The van der Waals surface area contributed by atoms with Crippen molar-refractivity contribution < 1.29 is 14.3 Å². The van der Waals surface area contributed by atoms with Crippen LogP contribution in [0.25, 0.3) is 0 Å². The number of aryl methyl sites for hydroxylation is 1. The molecule has 33 heavy (non-hydrogen) atoms. The molecule has 2 unspecified atom stereocenters. The summed E-state index contributed by atoms with van der Waals surface area (Å²) >= 11 is 0. The Morgan fingerprint density at radius 2 is 1.85 bits per heavy atom. The molecule has 0 radical (unpaired) electrons. The SMILES string of the molecule is COc1ccc(CC(=O)N(CCN(C)CC2CCCO2)CC2CCCc3ccccc32)cc1. The maximum atomic E-state index is 13.5. The highest BCUT2D eigenvalue weighted by Crippen LogP contribution is 2.32. The molecule has 1 aliphatic carbocycles. The molecule has 5 heteroatoms. The minimum Gasteiger partial charge on any atom is -0.497 e. The molecule has 2 atom stereocenters. The summed E-state index contributed by atoms with van der Waals surface area (Å²) in [6, 6.07) is 16.6. The second kappa shape index (κ2) is 11.7. The van der Waals surface area contributed by atoms with Gasteiger partial charge in [0, 0.05) is 38.7 Å². The van der Waals surface area contributed by atoms with E-state index in [1.807, 2.05) is 24.3 Å². The minimum absolute atomic E-state index is 0.203. The van der Waals surface area contributed by atoms with Gasteiger partial charge in [-0.05, 0) is 68.0 Å². The number of nitrogens with zero attached hydrogens (tertiary/aromatic N) is 2. The highest BCUT2D eigenvalue weighted by Gasteiger charge is 2.25. The Labute approximate surface area is 198 Å². The summed E-state index contributed by atoms with van der Waals surface area (Å²) in [5.41, 5.74) is 3.91. The number of amides is 1. The maximum Gasteiger partial charge on any atom is 0.227 e. The average Bonchev–Trinajstić information content (AvgIpc) is 3.35. The molecular formula is C28H38N2O3. The Bertz CT molecular complexity index is 892. The molecule has 1 amide bonds. The van der Waals surface area contributed by atoms with Crippen LogP contribution in [0.15, 0.2) is 48.5 Å². The van der Waals surface area contributed by atoms with Gasteiger partial charge in [-0.1, -0.05) is 36.4 Å². The number of carbonyl (C=O) groups is 1. The third-order valence-corrected chi connectivity index (χ3v) is 7.09. The predicted molar refractivity (Wildman–Crippen MR) is 132 cm³/mol. The summed E-state index contributed by atoms with van der Waals surface area (Å²) in [6.45, 7) is 4.22. The van der Waals surface area contributed by atoms with Crippen molar-refractivity contribution in [2.45, 2.75) is 50.5 Å². The number of likely N-dealkylation sites (N-methyl/N-ethyl adjacent to an activating group) is 1. The largest absolute Gasteiger partial charge is 0.497 e. The van der Waals surface area contributed by atoms with Crippen LogP contribution >= 0.6 is 0 Å². The van der Waals surface area contributed by atoms with Gasteiger partial charge in [-0.15, -0.1) is 0 Å². The first kappa shape index (κ1) is 23.8. The normalized spacial score (nSPS) is 20.0. The second-order valence-electron chi connectivity index (χ2n) is 9.55. The van der Waals surface area contributed by atoms with E-state index in [1.165, 1.54) is 17.5 Å². The Balaban J connectivity index is 1.43. The van der Waals surface area contributed by atoms with Gasteiger partial charge in [0.2, 0.25) is 5.91 Å². The highest BCUT2D eigenvalue weighted by atomic mass is 16.5. The summed E-state index contributed by atoms with van der Waals surface area (Å²) in [6.07, 6.45) is 6.55. The zero-order valence-corrected chi connectivity index (χ0v) is 20.2. The molecule has 5 nitrogen and oxygen atoms in total. The van der Waals surface area contributed by atoms with E-state index < -0.39 is 0 Å². The number of fused-ring (bicyclic) bond motifs is 1. The molecule has 2 aromatic carbocycles. The molecule has 1 aliphatic heterocycles. The summed E-state index contributed by atoms with van der Waals surface area (Å²) in [4.78, 5) is 17.9. The molecule has 4 rings (SSSR count). The first-order valence-corrected chi connectivity index (χ1v) is 12.4. The van der Waals surface area contributed by atoms with Crippen LogP contribution < -0.4 is 4.74 Å². The Morgan fingerprint density at radius 3 is 2.61 bits per heavy atom. The number of ether oxygens (including phenoxy) is 2. The van der Waals surface area contributed by atoms with Crippen molar-refractivity contribution in [1.29, 1.82) is 0 Å². The molecule has 1 saturated heterocycles. The van der Waals surface area contributed by atoms with E-state index in [-0.39, 0.29) is 5.91 Å². The van der Waals surface area contributed by atoms with Crippen molar-refractivity contribution in [3.63, 3.8) is 0 Å². The van der Waals surface area contributed by atoms with Gasteiger partial charge >= 0.3 is 0 Å². The first-order chi connectivity index (χ1) is 16.1. The molecular weight excluding hydrogens is 412 g/mol. The third-order valence-electron chi connectivity index (χ3n) is 7.09. The van der Waals surface area contributed by atoms with Crippen molar-refractivity contribution in [2.75, 3.05) is 46.9 Å². The molecule has 2 aliphatic rings. The van der Waals surface area contributed by atoms with Crippen LogP contribution in [-0.2, 0) is 22.4 Å². The Hall–Kier alpha value is -2.37. The van der Waals surface area contributed by atoms with Crippen molar-refractivity contribution in [3.8, 4) is 5.75 Å². The summed E-state index contributed by atoms with van der Waals surface area (Å²) in [5, 5.41) is 0. The number of methoxy groups -OCH3 is 1. The van der Waals surface area contributed by atoms with Crippen LogP contribution in [0, 0.1) is 0 Å². The van der Waals surface area contributed by atoms with Gasteiger partial charge in [0.15, 0.2) is 0 Å². The number of hydrogen-bond acceptors (Lipinski definition) is 4. The fourth-order valence-electron chi connectivity index (χ4n) is 5.18. The van der Waals surface area contributed by atoms with Gasteiger partial charge in [-0.25, -0.2) is 0 Å². The van der Waals surface area contributed by atoms with Gasteiger partial charge in [-0.3, -0.25) is 4.79 Å². The van der Waals surface area contributed by atoms with E-state index in [2.05, 4.69) is 41.1 Å². The van der Waals surface area contributed by atoms with Crippen molar-refractivity contribution in [1.82, 2.24) is 9.80 Å². The molecule has 0 N–H and O–H groups in total. The van der Waals surface area contributed by atoms with E-state index in [0.29, 0.717) is 18.4 Å². The van der Waals surface area contributed by atoms with E-state index in [4.69, 9.17) is 9.47 Å². The lowest BCUT2D eigenvalue weighted by Gasteiger charge is -2.33. The smallest absolute Gasteiger partial charge is 0.227 e. The van der Waals surface area contributed by atoms with Gasteiger partial charge in [0.25, 0.3) is 0 Å². The summed E-state index contributed by atoms with van der Waals surface area (Å²) in [7, 11) is 3.81. The Kier molecular flexibility index (Phi) is 8.40. The monoisotopic (exact) mass is 450 g/mol. The third kappa shape index (κ3) is 6.58. The molecule has 2 aromatic rings. The van der Waals surface area contributed by atoms with Gasteiger partial charge < -0.3 is 19.3 Å². The lowest BCUT2D eigenvalue weighted by molar-refractivity contribution is -0.131. The maximum absolute atomic E-state index is 13.5. The summed E-state index contributed by atoms with van der Waals surface area (Å²) in [5.74, 6) is 1.43. The van der Waals surface area contributed by atoms with Crippen molar-refractivity contribution >= 4 is 5.91 Å². The zero-order chi connectivity index (χ0) is 23.0. The second-order valence-corrected chi connectivity index (χ2v) is 9.55. The van der Waals surface area contributed by atoms with Crippen LogP contribution in [-0.4, -0.2) is 68.8 Å². The molecule has 178 valence electrons. The van der Waals surface area contributed by atoms with Crippen LogP contribution in [0.2, 0.25) is 0 Å². The quantitative estimate of drug-likeness (QED) is 0.541. The molecule has 0 saturated carbocycles. The van der Waals surface area contributed by atoms with Gasteiger partial charge in [0.1, 0.15) is 5.75 Å².